The van der Waals surface area contributed by atoms with Crippen molar-refractivity contribution < 1.29 is 21.6 Å². The van der Waals surface area contributed by atoms with Crippen molar-refractivity contribution in [3.8, 4) is 0 Å². The molecule has 0 saturated carbocycles. The number of amides is 1. The smallest absolute Gasteiger partial charge is 0.271 e. The Hall–Kier alpha value is -2.99. The summed E-state index contributed by atoms with van der Waals surface area (Å²) < 4.78 is 54.0. The van der Waals surface area contributed by atoms with Gasteiger partial charge >= 0.3 is 0 Å². The number of carbonyl (C=O) groups is 1. The summed E-state index contributed by atoms with van der Waals surface area (Å²) in [4.78, 5) is 14.5. The Morgan fingerprint density at radius 1 is 0.853 bits per heavy atom. The molecule has 0 unspecified atom stereocenters. The summed E-state index contributed by atoms with van der Waals surface area (Å²) in [5.74, 6) is -0.232. The second kappa shape index (κ2) is 10.1. The number of rotatable bonds is 7. The van der Waals surface area contributed by atoms with Crippen LogP contribution < -0.4 is 4.72 Å². The van der Waals surface area contributed by atoms with Gasteiger partial charge in [0.2, 0.25) is 10.0 Å². The molecule has 1 saturated heterocycles. The maximum Gasteiger partial charge on any atom is 0.271 e. The first-order valence-corrected chi connectivity index (χ1v) is 14.3. The lowest BCUT2D eigenvalue weighted by molar-refractivity contribution is 0.0698. The van der Waals surface area contributed by atoms with Crippen LogP contribution in [0, 0.1) is 0 Å². The first-order chi connectivity index (χ1) is 16.2. The van der Waals surface area contributed by atoms with Crippen LogP contribution in [0.1, 0.15) is 15.9 Å². The van der Waals surface area contributed by atoms with E-state index in [4.69, 9.17) is 0 Å². The molecule has 1 aromatic heterocycles. The fourth-order valence-electron chi connectivity index (χ4n) is 3.45. The van der Waals surface area contributed by atoms with Crippen LogP contribution in [0.2, 0.25) is 0 Å². The summed E-state index contributed by atoms with van der Waals surface area (Å²) in [6.07, 6.45) is 1.56. The van der Waals surface area contributed by atoms with E-state index in [0.717, 1.165) is 16.9 Å². The number of thiophene rings is 1. The minimum atomic E-state index is -3.66. The van der Waals surface area contributed by atoms with Crippen molar-refractivity contribution in [1.82, 2.24) is 9.21 Å². The molecule has 8 nitrogen and oxygen atoms in total. The van der Waals surface area contributed by atoms with Gasteiger partial charge in [-0.05, 0) is 47.4 Å². The largest absolute Gasteiger partial charge is 0.336 e. The lowest BCUT2D eigenvalue weighted by atomic mass is 10.1. The number of hydrogen-bond donors (Lipinski definition) is 1. The molecule has 3 aromatic rings. The molecular weight excluding hydrogens is 494 g/mol. The second-order valence-electron chi connectivity index (χ2n) is 7.56. The van der Waals surface area contributed by atoms with Crippen molar-refractivity contribution in [1.29, 1.82) is 0 Å². The van der Waals surface area contributed by atoms with E-state index in [1.54, 1.807) is 34.6 Å². The number of anilines is 1. The summed E-state index contributed by atoms with van der Waals surface area (Å²) >= 11 is 1.12. The topological polar surface area (TPSA) is 104 Å². The Labute approximate surface area is 203 Å². The average Bonchev–Trinajstić information content (AvgIpc) is 3.40. The van der Waals surface area contributed by atoms with E-state index in [0.29, 0.717) is 11.3 Å². The van der Waals surface area contributed by atoms with Crippen LogP contribution in [-0.2, 0) is 20.0 Å². The van der Waals surface area contributed by atoms with E-state index >= 15 is 0 Å². The molecule has 2 heterocycles. The fraction of sp³-hybridized carbons (Fsp3) is 0.174. The van der Waals surface area contributed by atoms with Gasteiger partial charge in [-0.25, -0.2) is 16.8 Å². The highest BCUT2D eigenvalue weighted by atomic mass is 32.2. The number of piperazine rings is 1. The lowest BCUT2D eigenvalue weighted by Gasteiger charge is -2.33. The highest BCUT2D eigenvalue weighted by molar-refractivity contribution is 7.94. The number of sulfonamides is 2. The Morgan fingerprint density at radius 3 is 2.15 bits per heavy atom. The molecule has 178 valence electrons. The molecule has 1 N–H and O–H groups in total. The van der Waals surface area contributed by atoms with Crippen LogP contribution in [0.5, 0.6) is 0 Å². The molecule has 0 spiro atoms. The van der Waals surface area contributed by atoms with Crippen molar-refractivity contribution in [3.63, 3.8) is 0 Å². The van der Waals surface area contributed by atoms with Crippen molar-refractivity contribution in [3.05, 3.63) is 88.6 Å². The molecule has 1 fully saturated rings. The van der Waals surface area contributed by atoms with E-state index in [2.05, 4.69) is 4.72 Å². The van der Waals surface area contributed by atoms with Crippen molar-refractivity contribution in [2.45, 2.75) is 4.21 Å². The third kappa shape index (κ3) is 5.73. The molecular formula is C23H23N3O5S3. The molecule has 1 amide bonds. The Balaban J connectivity index is 1.34. The van der Waals surface area contributed by atoms with Crippen molar-refractivity contribution in [2.75, 3.05) is 30.9 Å². The van der Waals surface area contributed by atoms with Gasteiger partial charge in [0.15, 0.2) is 0 Å². The van der Waals surface area contributed by atoms with E-state index in [1.807, 2.05) is 30.3 Å². The van der Waals surface area contributed by atoms with Gasteiger partial charge < -0.3 is 4.90 Å². The molecule has 0 radical (unpaired) electrons. The number of hydrogen-bond acceptors (Lipinski definition) is 6. The van der Waals surface area contributed by atoms with E-state index in [-0.39, 0.29) is 36.3 Å². The zero-order valence-corrected chi connectivity index (χ0v) is 20.5. The standard InChI is InChI=1S/C23H23N3O5S3/c27-23(20-8-10-21(11-9-20)24-34(30,31)22-7-4-17-32-22)25-13-15-26(16-14-25)33(28,29)18-12-19-5-2-1-3-6-19/h1-12,17-18,24H,13-16H2. The molecule has 0 aliphatic carbocycles. The molecule has 11 heteroatoms. The zero-order chi connectivity index (χ0) is 24.2. The molecule has 4 rings (SSSR count). The average molecular weight is 518 g/mol. The molecule has 2 aromatic carbocycles. The predicted octanol–water partition coefficient (Wildman–Crippen LogP) is 3.31. The highest BCUT2D eigenvalue weighted by Gasteiger charge is 2.28. The lowest BCUT2D eigenvalue weighted by Crippen LogP contribution is -2.50. The van der Waals surface area contributed by atoms with Gasteiger partial charge in [-0.15, -0.1) is 11.3 Å². The number of carbonyl (C=O) groups excluding carboxylic acids is 1. The van der Waals surface area contributed by atoms with Gasteiger partial charge in [-0.2, -0.15) is 4.31 Å². The summed E-state index contributed by atoms with van der Waals surface area (Å²) in [6.45, 7) is 0.936. The summed E-state index contributed by atoms with van der Waals surface area (Å²) in [5, 5.41) is 2.87. The van der Waals surface area contributed by atoms with Crippen LogP contribution in [0.4, 0.5) is 5.69 Å². The van der Waals surface area contributed by atoms with E-state index in [1.165, 1.54) is 27.9 Å². The summed E-state index contributed by atoms with van der Waals surface area (Å²) in [5.41, 5.74) is 1.55. The monoisotopic (exact) mass is 517 g/mol. The second-order valence-corrected chi connectivity index (χ2v) is 12.2. The van der Waals surface area contributed by atoms with Gasteiger partial charge in [0.1, 0.15) is 4.21 Å². The maximum absolute atomic E-state index is 12.9. The van der Waals surface area contributed by atoms with Crippen LogP contribution >= 0.6 is 11.3 Å². The first kappa shape index (κ1) is 24.1. The number of nitrogens with zero attached hydrogens (tertiary/aromatic N) is 2. The third-order valence-corrected chi connectivity index (χ3v) is 9.61. The molecule has 34 heavy (non-hydrogen) atoms. The first-order valence-electron chi connectivity index (χ1n) is 10.4. The predicted molar refractivity (Wildman–Crippen MR) is 133 cm³/mol. The van der Waals surface area contributed by atoms with Crippen LogP contribution in [0.3, 0.4) is 0 Å². The summed E-state index contributed by atoms with van der Waals surface area (Å²) in [7, 11) is -7.25. The van der Waals surface area contributed by atoms with Crippen LogP contribution in [0.25, 0.3) is 6.08 Å². The number of nitrogens with one attached hydrogen (secondary N) is 1. The van der Waals surface area contributed by atoms with Gasteiger partial charge in [0.25, 0.3) is 15.9 Å². The zero-order valence-electron chi connectivity index (χ0n) is 18.1. The molecule has 1 aliphatic heterocycles. The SMILES string of the molecule is O=C(c1ccc(NS(=O)(=O)c2cccs2)cc1)N1CCN(S(=O)(=O)C=Cc2ccccc2)CC1. The Morgan fingerprint density at radius 2 is 1.53 bits per heavy atom. The Kier molecular flexibility index (Phi) is 7.17. The van der Waals surface area contributed by atoms with Crippen molar-refractivity contribution in [2.24, 2.45) is 0 Å². The van der Waals surface area contributed by atoms with Gasteiger partial charge in [0, 0.05) is 42.8 Å². The minimum absolute atomic E-state index is 0.200. The van der Waals surface area contributed by atoms with Gasteiger partial charge in [-0.1, -0.05) is 36.4 Å². The quantitative estimate of drug-likeness (QED) is 0.518. The normalized spacial score (nSPS) is 15.5. The van der Waals surface area contributed by atoms with E-state index < -0.39 is 20.0 Å². The van der Waals surface area contributed by atoms with Crippen LogP contribution in [-0.4, -0.2) is 58.1 Å². The third-order valence-electron chi connectivity index (χ3n) is 5.26. The minimum Gasteiger partial charge on any atom is -0.336 e. The van der Waals surface area contributed by atoms with Crippen molar-refractivity contribution >= 4 is 49.1 Å². The van der Waals surface area contributed by atoms with E-state index in [9.17, 15) is 21.6 Å². The Bertz CT molecular complexity index is 1360. The molecule has 0 bridgehead atoms. The van der Waals surface area contributed by atoms with Gasteiger partial charge in [-0.3, -0.25) is 9.52 Å². The van der Waals surface area contributed by atoms with Crippen LogP contribution in [0.15, 0.2) is 81.7 Å². The number of benzene rings is 2. The molecule has 0 atom stereocenters. The molecule has 1 aliphatic rings. The van der Waals surface area contributed by atoms with Gasteiger partial charge in [0.05, 0.1) is 0 Å². The fourth-order valence-corrected chi connectivity index (χ4v) is 6.67. The summed E-state index contributed by atoms with van der Waals surface area (Å²) in [6, 6.07) is 18.5. The maximum atomic E-state index is 12.9. The highest BCUT2D eigenvalue weighted by Crippen LogP contribution is 2.21.